The van der Waals surface area contributed by atoms with Gasteiger partial charge in [0.2, 0.25) is 6.79 Å². The Bertz CT molecular complexity index is 1160. The molecule has 2 aliphatic heterocycles. The number of carbonyl (C=O) groups excluding carboxylic acids is 1. The number of carbonyl (C=O) groups is 1. The summed E-state index contributed by atoms with van der Waals surface area (Å²) in [5, 5.41) is 0. The van der Waals surface area contributed by atoms with Crippen LogP contribution in [0.25, 0.3) is 0 Å². The smallest absolute Gasteiger partial charge is 0.411 e. The lowest BCUT2D eigenvalue weighted by molar-refractivity contribution is 0.0862. The van der Waals surface area contributed by atoms with Crippen molar-refractivity contribution < 1.29 is 19.0 Å². The summed E-state index contributed by atoms with van der Waals surface area (Å²) in [6, 6.07) is 23.0. The Morgan fingerprint density at radius 2 is 1.81 bits per heavy atom. The molecular weight excluding hydrogens is 390 g/mol. The summed E-state index contributed by atoms with van der Waals surface area (Å²) < 4.78 is 16.4. The Morgan fingerprint density at radius 3 is 2.71 bits per heavy atom. The third-order valence-corrected chi connectivity index (χ3v) is 5.45. The van der Waals surface area contributed by atoms with Crippen molar-refractivity contribution in [3.63, 3.8) is 0 Å². The Balaban J connectivity index is 1.41. The van der Waals surface area contributed by atoms with E-state index in [2.05, 4.69) is 17.9 Å². The lowest BCUT2D eigenvalue weighted by atomic mass is 9.93. The molecule has 3 aromatic rings. The lowest BCUT2D eigenvalue weighted by Crippen LogP contribution is -2.39. The first-order chi connectivity index (χ1) is 15.3. The maximum absolute atomic E-state index is 13.0. The molecule has 31 heavy (non-hydrogen) atoms. The highest BCUT2D eigenvalue weighted by Gasteiger charge is 2.30. The van der Waals surface area contributed by atoms with Gasteiger partial charge in [0.1, 0.15) is 12.6 Å². The first kappa shape index (κ1) is 19.1. The zero-order valence-electron chi connectivity index (χ0n) is 16.9. The second-order valence-corrected chi connectivity index (χ2v) is 7.42. The third-order valence-electron chi connectivity index (χ3n) is 5.45. The largest absolute Gasteiger partial charge is 0.454 e. The van der Waals surface area contributed by atoms with E-state index in [0.717, 1.165) is 28.9 Å². The first-order valence-corrected chi connectivity index (χ1v) is 10.2. The molecule has 0 radical (unpaired) electrons. The van der Waals surface area contributed by atoms with Crippen LogP contribution < -0.4 is 9.47 Å². The highest BCUT2D eigenvalue weighted by atomic mass is 16.7. The van der Waals surface area contributed by atoms with Crippen molar-refractivity contribution in [2.45, 2.75) is 19.1 Å². The van der Waals surface area contributed by atoms with Crippen LogP contribution in [-0.2, 0) is 17.8 Å². The van der Waals surface area contributed by atoms with Gasteiger partial charge in [0.15, 0.2) is 11.5 Å². The molecule has 5 nitrogen and oxygen atoms in total. The fourth-order valence-electron chi connectivity index (χ4n) is 3.85. The van der Waals surface area contributed by atoms with E-state index in [0.29, 0.717) is 12.3 Å². The van der Waals surface area contributed by atoms with Crippen LogP contribution in [0.1, 0.15) is 28.3 Å². The molecule has 0 saturated carbocycles. The van der Waals surface area contributed by atoms with Crippen LogP contribution in [0.3, 0.4) is 0 Å². The monoisotopic (exact) mass is 411 g/mol. The molecule has 154 valence electrons. The molecule has 0 bridgehead atoms. The number of benzene rings is 3. The minimum Gasteiger partial charge on any atom is -0.454 e. The van der Waals surface area contributed by atoms with Gasteiger partial charge in [-0.25, -0.2) is 4.79 Å². The topological polar surface area (TPSA) is 48.0 Å². The van der Waals surface area contributed by atoms with Gasteiger partial charge >= 0.3 is 6.09 Å². The number of ether oxygens (including phenoxy) is 3. The zero-order chi connectivity index (χ0) is 21.0. The Morgan fingerprint density at radius 1 is 1.00 bits per heavy atom. The molecule has 2 heterocycles. The highest BCUT2D eigenvalue weighted by Crippen LogP contribution is 2.33. The van der Waals surface area contributed by atoms with Gasteiger partial charge in [0.05, 0.1) is 0 Å². The van der Waals surface area contributed by atoms with Crippen LogP contribution in [0.2, 0.25) is 0 Å². The van der Waals surface area contributed by atoms with Gasteiger partial charge in [-0.3, -0.25) is 4.90 Å². The molecule has 1 amide bonds. The Hall–Kier alpha value is -3.91. The minimum absolute atomic E-state index is 0.225. The van der Waals surface area contributed by atoms with Crippen LogP contribution >= 0.6 is 0 Å². The van der Waals surface area contributed by atoms with E-state index in [4.69, 9.17) is 14.2 Å². The number of hydrogen-bond acceptors (Lipinski definition) is 4. The zero-order valence-corrected chi connectivity index (χ0v) is 16.9. The first-order valence-electron chi connectivity index (χ1n) is 10.2. The predicted octanol–water partition coefficient (Wildman–Crippen LogP) is 4.70. The van der Waals surface area contributed by atoms with E-state index in [-0.39, 0.29) is 25.5 Å². The van der Waals surface area contributed by atoms with Gasteiger partial charge in [0.25, 0.3) is 0 Å². The van der Waals surface area contributed by atoms with Gasteiger partial charge < -0.3 is 14.2 Å². The predicted molar refractivity (Wildman–Crippen MR) is 116 cm³/mol. The quantitative estimate of drug-likeness (QED) is 0.574. The normalized spacial score (nSPS) is 16.1. The van der Waals surface area contributed by atoms with Crippen LogP contribution in [0.5, 0.6) is 11.5 Å². The average molecular weight is 411 g/mol. The van der Waals surface area contributed by atoms with Crippen molar-refractivity contribution in [1.82, 2.24) is 4.90 Å². The molecule has 0 aromatic heterocycles. The van der Waals surface area contributed by atoms with Crippen molar-refractivity contribution in [1.29, 1.82) is 0 Å². The van der Waals surface area contributed by atoms with Crippen LogP contribution in [0.4, 0.5) is 4.79 Å². The number of nitrogens with zero attached hydrogens (tertiary/aromatic N) is 1. The molecule has 1 atom stereocenters. The van der Waals surface area contributed by atoms with E-state index in [1.54, 1.807) is 4.90 Å². The number of amides is 1. The summed E-state index contributed by atoms with van der Waals surface area (Å²) in [6.07, 6.45) is 0.419. The van der Waals surface area contributed by atoms with Crippen molar-refractivity contribution in [3.8, 4) is 23.3 Å². The van der Waals surface area contributed by atoms with Crippen molar-refractivity contribution in [3.05, 3.63) is 95.1 Å². The van der Waals surface area contributed by atoms with Gasteiger partial charge in [0, 0.05) is 12.1 Å². The van der Waals surface area contributed by atoms with Crippen LogP contribution in [0.15, 0.2) is 72.8 Å². The summed E-state index contributed by atoms with van der Waals surface area (Å²) >= 11 is 0. The summed E-state index contributed by atoms with van der Waals surface area (Å²) in [7, 11) is 0. The maximum atomic E-state index is 13.0. The van der Waals surface area contributed by atoms with Gasteiger partial charge in [-0.05, 0) is 41.3 Å². The van der Waals surface area contributed by atoms with Crippen LogP contribution in [-0.4, -0.2) is 24.3 Å². The van der Waals surface area contributed by atoms with E-state index in [1.807, 2.05) is 66.7 Å². The number of fused-ring (bicyclic) bond motifs is 2. The summed E-state index contributed by atoms with van der Waals surface area (Å²) in [6.45, 7) is 1.02. The van der Waals surface area contributed by atoms with E-state index in [9.17, 15) is 4.79 Å². The van der Waals surface area contributed by atoms with Gasteiger partial charge in [-0.2, -0.15) is 0 Å². The lowest BCUT2D eigenvalue weighted by Gasteiger charge is -2.33. The average Bonchev–Trinajstić information content (AvgIpc) is 3.29. The van der Waals surface area contributed by atoms with Crippen molar-refractivity contribution in [2.75, 3.05) is 13.3 Å². The number of rotatable bonds is 2. The van der Waals surface area contributed by atoms with E-state index >= 15 is 0 Å². The van der Waals surface area contributed by atoms with Crippen molar-refractivity contribution >= 4 is 6.09 Å². The molecule has 0 spiro atoms. The van der Waals surface area contributed by atoms with E-state index < -0.39 is 0 Å². The third kappa shape index (κ3) is 4.06. The fourth-order valence-corrected chi connectivity index (χ4v) is 3.85. The van der Waals surface area contributed by atoms with E-state index in [1.165, 1.54) is 5.56 Å². The molecule has 0 N–H and O–H groups in total. The SMILES string of the molecule is O=C(OCc1ccccc1)N1CCc2ccccc2[C@@H]1C#Cc1ccc2c(c1)OCO2. The molecular formula is C26H21NO4. The molecule has 0 saturated heterocycles. The molecule has 0 unspecified atom stereocenters. The maximum Gasteiger partial charge on any atom is 0.411 e. The molecule has 0 aliphatic carbocycles. The fraction of sp³-hybridized carbons (Fsp3) is 0.192. The molecule has 5 heteroatoms. The highest BCUT2D eigenvalue weighted by molar-refractivity contribution is 5.70. The van der Waals surface area contributed by atoms with Gasteiger partial charge in [-0.15, -0.1) is 0 Å². The van der Waals surface area contributed by atoms with Gasteiger partial charge in [-0.1, -0.05) is 66.4 Å². The second-order valence-electron chi connectivity index (χ2n) is 7.42. The summed E-state index contributed by atoms with van der Waals surface area (Å²) in [4.78, 5) is 14.7. The minimum atomic E-state index is -0.376. The standard InChI is InChI=1S/C26H21NO4/c28-26(29-17-20-6-2-1-3-7-20)27-15-14-21-8-4-5-9-22(21)23(27)12-10-19-11-13-24-25(16-19)31-18-30-24/h1-9,11,13,16,23H,14-15,17-18H2/t23-/m0/s1. The molecule has 3 aromatic carbocycles. The molecule has 2 aliphatic rings. The molecule has 5 rings (SSSR count). The van der Waals surface area contributed by atoms with Crippen molar-refractivity contribution in [2.24, 2.45) is 0 Å². The Kier molecular flexibility index (Phi) is 5.20. The summed E-state index contributed by atoms with van der Waals surface area (Å²) in [5.41, 5.74) is 4.01. The Labute approximate surface area is 181 Å². The number of hydrogen-bond donors (Lipinski definition) is 0. The molecule has 0 fully saturated rings. The summed E-state index contributed by atoms with van der Waals surface area (Å²) in [5.74, 6) is 7.91. The second kappa shape index (κ2) is 8.45. The van der Waals surface area contributed by atoms with Crippen LogP contribution in [0, 0.1) is 11.8 Å².